The predicted octanol–water partition coefficient (Wildman–Crippen LogP) is 2.78. The lowest BCUT2D eigenvalue weighted by Crippen LogP contribution is -2.42. The van der Waals surface area contributed by atoms with Gasteiger partial charge in [-0.3, -0.25) is 4.79 Å². The maximum atomic E-state index is 11.8. The minimum absolute atomic E-state index is 0.0633. The number of nitrogens with zero attached hydrogens (tertiary/aromatic N) is 1. The molecule has 0 radical (unpaired) electrons. The Morgan fingerprint density at radius 3 is 2.65 bits per heavy atom. The van der Waals surface area contributed by atoms with Gasteiger partial charge in [0.05, 0.1) is 11.7 Å². The van der Waals surface area contributed by atoms with Gasteiger partial charge in [-0.2, -0.15) is 0 Å². The predicted molar refractivity (Wildman–Crippen MR) is 99.6 cm³/mol. The number of aromatic nitrogens is 1. The third-order valence-corrected chi connectivity index (χ3v) is 5.16. The zero-order valence-electron chi connectivity index (χ0n) is 15.2. The number of nitrogens with two attached hydrogens (primary N) is 1. The van der Waals surface area contributed by atoms with E-state index in [0.717, 1.165) is 23.6 Å². The molecule has 2 aliphatic heterocycles. The van der Waals surface area contributed by atoms with Crippen LogP contribution in [-0.4, -0.2) is 35.2 Å². The van der Waals surface area contributed by atoms with Gasteiger partial charge < -0.3 is 20.5 Å². The zero-order chi connectivity index (χ0) is 18.3. The van der Waals surface area contributed by atoms with Crippen LogP contribution in [0.4, 0.5) is 0 Å². The number of primary amides is 1. The number of rotatable bonds is 5. The van der Waals surface area contributed by atoms with Crippen molar-refractivity contribution in [1.82, 2.24) is 10.3 Å². The molecule has 0 aliphatic carbocycles. The van der Waals surface area contributed by atoms with Gasteiger partial charge in [0, 0.05) is 23.7 Å². The molecule has 1 unspecified atom stereocenters. The van der Waals surface area contributed by atoms with Crippen LogP contribution in [-0.2, 0) is 0 Å². The summed E-state index contributed by atoms with van der Waals surface area (Å²) in [6, 6.07) is 6.55. The number of piperidine rings is 1. The Bertz CT molecular complexity index is 824. The zero-order valence-corrected chi connectivity index (χ0v) is 15.2. The molecule has 1 amide bonds. The van der Waals surface area contributed by atoms with Gasteiger partial charge in [0.25, 0.3) is 5.91 Å². The molecule has 2 fully saturated rings. The van der Waals surface area contributed by atoms with Gasteiger partial charge in [-0.25, -0.2) is 4.98 Å². The molecular formula is C20H25N3O3. The molecule has 2 bridgehead atoms. The lowest BCUT2D eigenvalue weighted by atomic mass is 10.0. The van der Waals surface area contributed by atoms with Crippen molar-refractivity contribution in [3.8, 4) is 11.6 Å². The van der Waals surface area contributed by atoms with Crippen molar-refractivity contribution in [2.75, 3.05) is 0 Å². The smallest absolute Gasteiger partial charge is 0.252 e. The van der Waals surface area contributed by atoms with Crippen LogP contribution in [0.5, 0.6) is 11.6 Å². The molecule has 2 aliphatic rings. The molecule has 2 saturated heterocycles. The van der Waals surface area contributed by atoms with Gasteiger partial charge in [-0.1, -0.05) is 0 Å². The Kier molecular flexibility index (Phi) is 4.44. The first-order chi connectivity index (χ1) is 12.5. The molecule has 26 heavy (non-hydrogen) atoms. The van der Waals surface area contributed by atoms with Crippen molar-refractivity contribution in [3.63, 3.8) is 0 Å². The Balaban J connectivity index is 1.69. The minimum Gasteiger partial charge on any atom is -0.490 e. The molecule has 1 aromatic carbocycles. The van der Waals surface area contributed by atoms with Crippen LogP contribution < -0.4 is 20.5 Å². The standard InChI is InChI=1S/C20H25N3O3/c1-11(2)25-18-10-16-12(7-17(18)19(21)24)5-6-22-20(16)26-15-8-13-3-4-14(9-15)23-13/h5-7,10-11,13-15,23H,3-4,8-9H2,1-2H3,(H2,21,24)/t13-,14+,15?. The van der Waals surface area contributed by atoms with Crippen LogP contribution in [0.25, 0.3) is 10.8 Å². The number of hydrogen-bond acceptors (Lipinski definition) is 5. The largest absolute Gasteiger partial charge is 0.490 e. The highest BCUT2D eigenvalue weighted by Gasteiger charge is 2.34. The normalized spacial score (nSPS) is 24.8. The van der Waals surface area contributed by atoms with E-state index in [1.807, 2.05) is 26.0 Å². The van der Waals surface area contributed by atoms with E-state index in [1.165, 1.54) is 12.8 Å². The number of nitrogens with one attached hydrogen (secondary N) is 1. The fourth-order valence-electron chi connectivity index (χ4n) is 4.07. The molecule has 0 spiro atoms. The molecule has 3 N–H and O–H groups in total. The van der Waals surface area contributed by atoms with Crippen molar-refractivity contribution in [1.29, 1.82) is 0 Å². The van der Waals surface area contributed by atoms with E-state index < -0.39 is 5.91 Å². The number of carbonyl (C=O) groups excluding carboxylic acids is 1. The number of fused-ring (bicyclic) bond motifs is 3. The van der Waals surface area contributed by atoms with Gasteiger partial charge in [0.15, 0.2) is 0 Å². The molecule has 138 valence electrons. The summed E-state index contributed by atoms with van der Waals surface area (Å²) in [5.41, 5.74) is 5.91. The average molecular weight is 355 g/mol. The summed E-state index contributed by atoms with van der Waals surface area (Å²) in [5.74, 6) is 0.568. The fourth-order valence-corrected chi connectivity index (χ4v) is 4.07. The van der Waals surface area contributed by atoms with Crippen molar-refractivity contribution in [2.45, 2.75) is 63.8 Å². The molecule has 2 aromatic rings. The quantitative estimate of drug-likeness (QED) is 0.861. The van der Waals surface area contributed by atoms with E-state index in [4.69, 9.17) is 15.2 Å². The van der Waals surface area contributed by atoms with E-state index >= 15 is 0 Å². The SMILES string of the molecule is CC(C)Oc1cc2c(OC3C[C@H]4CC[C@@H](C3)N4)nccc2cc1C(N)=O. The summed E-state index contributed by atoms with van der Waals surface area (Å²) >= 11 is 0. The highest BCUT2D eigenvalue weighted by molar-refractivity contribution is 6.01. The Labute approximate surface area is 153 Å². The van der Waals surface area contributed by atoms with Crippen LogP contribution in [0.3, 0.4) is 0 Å². The maximum Gasteiger partial charge on any atom is 0.252 e. The third-order valence-electron chi connectivity index (χ3n) is 5.16. The van der Waals surface area contributed by atoms with Gasteiger partial charge in [0.1, 0.15) is 11.9 Å². The van der Waals surface area contributed by atoms with E-state index in [0.29, 0.717) is 29.3 Å². The van der Waals surface area contributed by atoms with Crippen LogP contribution in [0.15, 0.2) is 24.4 Å². The summed E-state index contributed by atoms with van der Waals surface area (Å²) in [4.78, 5) is 16.3. The Morgan fingerprint density at radius 1 is 1.27 bits per heavy atom. The topological polar surface area (TPSA) is 86.5 Å². The van der Waals surface area contributed by atoms with E-state index in [1.54, 1.807) is 12.3 Å². The average Bonchev–Trinajstić information content (AvgIpc) is 2.92. The minimum atomic E-state index is -0.503. The highest BCUT2D eigenvalue weighted by atomic mass is 16.5. The molecule has 1 aromatic heterocycles. The fraction of sp³-hybridized carbons (Fsp3) is 0.500. The molecule has 6 nitrogen and oxygen atoms in total. The van der Waals surface area contributed by atoms with Crippen molar-refractivity contribution < 1.29 is 14.3 Å². The van der Waals surface area contributed by atoms with Crippen LogP contribution in [0.1, 0.15) is 49.9 Å². The van der Waals surface area contributed by atoms with Crippen molar-refractivity contribution >= 4 is 16.7 Å². The van der Waals surface area contributed by atoms with Gasteiger partial charge in [-0.05, 0) is 63.1 Å². The number of benzene rings is 1. The van der Waals surface area contributed by atoms with E-state index in [2.05, 4.69) is 10.3 Å². The molecule has 6 heteroatoms. The van der Waals surface area contributed by atoms with Crippen molar-refractivity contribution in [3.05, 3.63) is 30.0 Å². The summed E-state index contributed by atoms with van der Waals surface area (Å²) < 4.78 is 12.1. The number of ether oxygens (including phenoxy) is 2. The second-order valence-electron chi connectivity index (χ2n) is 7.57. The monoisotopic (exact) mass is 355 g/mol. The summed E-state index contributed by atoms with van der Waals surface area (Å²) in [6.07, 6.45) is 6.26. The number of amides is 1. The van der Waals surface area contributed by atoms with Crippen LogP contribution in [0, 0.1) is 0 Å². The second-order valence-corrected chi connectivity index (χ2v) is 7.57. The van der Waals surface area contributed by atoms with Gasteiger partial charge in [-0.15, -0.1) is 0 Å². The third kappa shape index (κ3) is 3.33. The Hall–Kier alpha value is -2.34. The molecule has 0 saturated carbocycles. The molecule has 4 rings (SSSR count). The van der Waals surface area contributed by atoms with Gasteiger partial charge >= 0.3 is 0 Å². The summed E-state index contributed by atoms with van der Waals surface area (Å²) in [5, 5.41) is 5.34. The molecular weight excluding hydrogens is 330 g/mol. The first kappa shape index (κ1) is 17.1. The van der Waals surface area contributed by atoms with E-state index in [-0.39, 0.29) is 12.2 Å². The maximum absolute atomic E-state index is 11.8. The Morgan fingerprint density at radius 2 is 2.00 bits per heavy atom. The van der Waals surface area contributed by atoms with E-state index in [9.17, 15) is 4.79 Å². The number of hydrogen-bond donors (Lipinski definition) is 2. The first-order valence-electron chi connectivity index (χ1n) is 9.31. The van der Waals surface area contributed by atoms with Crippen LogP contribution >= 0.6 is 0 Å². The van der Waals surface area contributed by atoms with Crippen molar-refractivity contribution in [2.24, 2.45) is 5.73 Å². The summed E-state index contributed by atoms with van der Waals surface area (Å²) in [6.45, 7) is 3.83. The first-order valence-corrected chi connectivity index (χ1v) is 9.31. The molecule has 3 heterocycles. The van der Waals surface area contributed by atoms with Crippen LogP contribution in [0.2, 0.25) is 0 Å². The second kappa shape index (κ2) is 6.76. The summed E-state index contributed by atoms with van der Waals surface area (Å²) in [7, 11) is 0. The highest BCUT2D eigenvalue weighted by Crippen LogP contribution is 2.34. The number of pyridine rings is 1. The lowest BCUT2D eigenvalue weighted by Gasteiger charge is -2.29. The lowest BCUT2D eigenvalue weighted by molar-refractivity contribution is 0.0994. The molecule has 3 atom stereocenters. The number of carbonyl (C=O) groups is 1. The van der Waals surface area contributed by atoms with Gasteiger partial charge in [0.2, 0.25) is 5.88 Å².